The zero-order chi connectivity index (χ0) is 10.2. The Balaban J connectivity index is 2.37. The average molecular weight is 190 g/mol. The van der Waals surface area contributed by atoms with E-state index in [1.165, 1.54) is 0 Å². The molecule has 1 heterocycles. The van der Waals surface area contributed by atoms with Gasteiger partial charge < -0.3 is 9.84 Å². The third-order valence-electron chi connectivity index (χ3n) is 2.60. The molecular formula is C12H14O2. The fraction of sp³-hybridized carbons (Fsp3) is 0.333. The van der Waals surface area contributed by atoms with Crippen molar-refractivity contribution in [1.82, 2.24) is 0 Å². The molecule has 2 rings (SSSR count). The average Bonchev–Trinajstić information content (AvgIpc) is 2.44. The minimum absolute atomic E-state index is 0.481. The van der Waals surface area contributed by atoms with Crippen molar-refractivity contribution in [3.8, 4) is 0 Å². The summed E-state index contributed by atoms with van der Waals surface area (Å²) in [6, 6.07) is 9.91. The summed E-state index contributed by atoms with van der Waals surface area (Å²) in [6.45, 7) is 3.83. The number of benzene rings is 1. The molecule has 1 aromatic rings. The van der Waals surface area contributed by atoms with Crippen LogP contribution in [0.2, 0.25) is 0 Å². The van der Waals surface area contributed by atoms with Gasteiger partial charge in [-0.1, -0.05) is 30.3 Å². The maximum Gasteiger partial charge on any atom is 0.178 e. The van der Waals surface area contributed by atoms with Crippen LogP contribution in [0.25, 0.3) is 0 Å². The first kappa shape index (κ1) is 9.44. The molecule has 1 aliphatic rings. The molecular weight excluding hydrogens is 176 g/mol. The lowest BCUT2D eigenvalue weighted by atomic mass is 9.95. The summed E-state index contributed by atoms with van der Waals surface area (Å²) >= 11 is 0. The molecule has 0 bridgehead atoms. The molecule has 0 amide bonds. The zero-order valence-corrected chi connectivity index (χ0v) is 8.40. The van der Waals surface area contributed by atoms with E-state index in [2.05, 4.69) is 0 Å². The number of hydrogen-bond acceptors (Lipinski definition) is 2. The molecule has 2 nitrogen and oxygen atoms in total. The summed E-state index contributed by atoms with van der Waals surface area (Å²) in [4.78, 5) is 0. The van der Waals surface area contributed by atoms with Crippen LogP contribution in [-0.2, 0) is 10.3 Å². The summed E-state index contributed by atoms with van der Waals surface area (Å²) < 4.78 is 5.51. The van der Waals surface area contributed by atoms with Crippen molar-refractivity contribution in [3.63, 3.8) is 0 Å². The second kappa shape index (κ2) is 3.23. The molecule has 1 N–H and O–H groups in total. The van der Waals surface area contributed by atoms with Crippen molar-refractivity contribution in [2.24, 2.45) is 0 Å². The molecule has 2 unspecified atom stereocenters. The summed E-state index contributed by atoms with van der Waals surface area (Å²) in [6.07, 6.45) is 1.20. The predicted molar refractivity (Wildman–Crippen MR) is 54.6 cm³/mol. The van der Waals surface area contributed by atoms with Gasteiger partial charge in [0.15, 0.2) is 6.29 Å². The Kier molecular flexibility index (Phi) is 2.17. The van der Waals surface area contributed by atoms with Crippen molar-refractivity contribution in [3.05, 3.63) is 47.5 Å². The van der Waals surface area contributed by atoms with Gasteiger partial charge >= 0.3 is 0 Å². The lowest BCUT2D eigenvalue weighted by Gasteiger charge is -2.23. The maximum atomic E-state index is 9.50. The van der Waals surface area contributed by atoms with Crippen LogP contribution in [0, 0.1) is 0 Å². The van der Waals surface area contributed by atoms with Gasteiger partial charge in [0.1, 0.15) is 5.60 Å². The van der Waals surface area contributed by atoms with Gasteiger partial charge in [-0.05, 0) is 31.1 Å². The molecule has 0 aliphatic carbocycles. The van der Waals surface area contributed by atoms with E-state index in [9.17, 15) is 5.11 Å². The van der Waals surface area contributed by atoms with E-state index in [4.69, 9.17) is 4.74 Å². The number of aliphatic hydroxyl groups is 1. The standard InChI is InChI=1S/C12H14O2/c1-9-8-12(2,14-11(9)13)10-6-4-3-5-7-10/h3-8,11,13H,1-2H3. The van der Waals surface area contributed by atoms with Crippen LogP contribution in [0.5, 0.6) is 0 Å². The Labute approximate surface area is 83.8 Å². The fourth-order valence-corrected chi connectivity index (χ4v) is 1.79. The van der Waals surface area contributed by atoms with Crippen LogP contribution >= 0.6 is 0 Å². The van der Waals surface area contributed by atoms with Crippen LogP contribution in [0.1, 0.15) is 19.4 Å². The second-order valence-electron chi connectivity index (χ2n) is 3.83. The van der Waals surface area contributed by atoms with Gasteiger partial charge in [0.2, 0.25) is 0 Å². The lowest BCUT2D eigenvalue weighted by molar-refractivity contribution is -0.123. The van der Waals surface area contributed by atoms with Gasteiger partial charge in [-0.2, -0.15) is 0 Å². The SMILES string of the molecule is CC1=CC(C)(c2ccccc2)OC1O. The second-order valence-corrected chi connectivity index (χ2v) is 3.83. The van der Waals surface area contributed by atoms with Crippen LogP contribution in [0.3, 0.4) is 0 Å². The molecule has 2 heteroatoms. The van der Waals surface area contributed by atoms with Crippen LogP contribution in [-0.4, -0.2) is 11.4 Å². The number of ether oxygens (including phenoxy) is 1. The van der Waals surface area contributed by atoms with Crippen LogP contribution < -0.4 is 0 Å². The van der Waals surface area contributed by atoms with Crippen molar-refractivity contribution in [2.75, 3.05) is 0 Å². The topological polar surface area (TPSA) is 29.5 Å². The Morgan fingerprint density at radius 2 is 1.93 bits per heavy atom. The predicted octanol–water partition coefficient (Wildman–Crippen LogP) is 2.20. The Bertz CT molecular complexity index is 356. The van der Waals surface area contributed by atoms with E-state index in [-0.39, 0.29) is 0 Å². The van der Waals surface area contributed by atoms with Crippen molar-refractivity contribution < 1.29 is 9.84 Å². The van der Waals surface area contributed by atoms with Crippen molar-refractivity contribution in [1.29, 1.82) is 0 Å². The van der Waals surface area contributed by atoms with Gasteiger partial charge in [0.25, 0.3) is 0 Å². The minimum atomic E-state index is -0.764. The minimum Gasteiger partial charge on any atom is -0.364 e. The molecule has 14 heavy (non-hydrogen) atoms. The first-order valence-corrected chi connectivity index (χ1v) is 4.72. The third-order valence-corrected chi connectivity index (χ3v) is 2.60. The summed E-state index contributed by atoms with van der Waals surface area (Å²) in [5.74, 6) is 0. The molecule has 0 spiro atoms. The molecule has 0 fully saturated rings. The number of aliphatic hydroxyl groups excluding tert-OH is 1. The van der Waals surface area contributed by atoms with E-state index in [1.807, 2.05) is 50.3 Å². The first-order valence-electron chi connectivity index (χ1n) is 4.72. The zero-order valence-electron chi connectivity index (χ0n) is 8.40. The first-order chi connectivity index (χ1) is 6.62. The lowest BCUT2D eigenvalue weighted by Crippen LogP contribution is -2.22. The summed E-state index contributed by atoms with van der Waals surface area (Å²) in [7, 11) is 0. The van der Waals surface area contributed by atoms with E-state index in [0.29, 0.717) is 0 Å². The molecule has 74 valence electrons. The molecule has 0 radical (unpaired) electrons. The van der Waals surface area contributed by atoms with Gasteiger partial charge in [-0.15, -0.1) is 0 Å². The van der Waals surface area contributed by atoms with Crippen LogP contribution in [0.15, 0.2) is 42.0 Å². The normalized spacial score (nSPS) is 31.6. The molecule has 0 aromatic heterocycles. The monoisotopic (exact) mass is 190 g/mol. The molecule has 2 atom stereocenters. The third kappa shape index (κ3) is 1.47. The fourth-order valence-electron chi connectivity index (χ4n) is 1.79. The quantitative estimate of drug-likeness (QED) is 0.688. The van der Waals surface area contributed by atoms with Crippen LogP contribution in [0.4, 0.5) is 0 Å². The summed E-state index contributed by atoms with van der Waals surface area (Å²) in [5, 5.41) is 9.50. The van der Waals surface area contributed by atoms with Crippen molar-refractivity contribution in [2.45, 2.75) is 25.7 Å². The van der Waals surface area contributed by atoms with E-state index in [1.54, 1.807) is 0 Å². The van der Waals surface area contributed by atoms with Gasteiger partial charge in [-0.25, -0.2) is 0 Å². The molecule has 1 aromatic carbocycles. The van der Waals surface area contributed by atoms with E-state index >= 15 is 0 Å². The number of rotatable bonds is 1. The highest BCUT2D eigenvalue weighted by Gasteiger charge is 2.34. The van der Waals surface area contributed by atoms with Crippen molar-refractivity contribution >= 4 is 0 Å². The highest BCUT2D eigenvalue weighted by molar-refractivity contribution is 5.31. The molecule has 1 aliphatic heterocycles. The Hall–Kier alpha value is -1.12. The van der Waals surface area contributed by atoms with Gasteiger partial charge in [0.05, 0.1) is 0 Å². The highest BCUT2D eigenvalue weighted by Crippen LogP contribution is 2.35. The Morgan fingerprint density at radius 1 is 1.29 bits per heavy atom. The smallest absolute Gasteiger partial charge is 0.178 e. The number of hydrogen-bond donors (Lipinski definition) is 1. The molecule has 0 saturated heterocycles. The highest BCUT2D eigenvalue weighted by atomic mass is 16.6. The van der Waals surface area contributed by atoms with Gasteiger partial charge in [0, 0.05) is 0 Å². The Morgan fingerprint density at radius 3 is 2.43 bits per heavy atom. The van der Waals surface area contributed by atoms with E-state index < -0.39 is 11.9 Å². The molecule has 0 saturated carbocycles. The van der Waals surface area contributed by atoms with Gasteiger partial charge in [-0.3, -0.25) is 0 Å². The van der Waals surface area contributed by atoms with E-state index in [0.717, 1.165) is 11.1 Å². The summed E-state index contributed by atoms with van der Waals surface area (Å²) in [5.41, 5.74) is 1.46. The maximum absolute atomic E-state index is 9.50. The largest absolute Gasteiger partial charge is 0.364 e.